The molecule has 0 bridgehead atoms. The van der Waals surface area contributed by atoms with Crippen LogP contribution in [0.4, 0.5) is 14.9 Å². The summed E-state index contributed by atoms with van der Waals surface area (Å²) in [5, 5.41) is 2.79. The number of carbonyl (C=O) groups is 3. The number of esters is 1. The molecule has 0 atom stereocenters. The Morgan fingerprint density at radius 2 is 1.67 bits per heavy atom. The highest BCUT2D eigenvalue weighted by molar-refractivity contribution is 5.94. The summed E-state index contributed by atoms with van der Waals surface area (Å²) in [6, 6.07) is 15.3. The number of benzene rings is 2. The molecule has 0 saturated heterocycles. The largest absolute Gasteiger partial charge is 0.467 e. The molecule has 0 aliphatic heterocycles. The van der Waals surface area contributed by atoms with Gasteiger partial charge >= 0.3 is 12.0 Å². The third kappa shape index (κ3) is 9.57. The molecule has 39 heavy (non-hydrogen) atoms. The second-order valence-electron chi connectivity index (χ2n) is 8.66. The Kier molecular flexibility index (Phi) is 11.5. The summed E-state index contributed by atoms with van der Waals surface area (Å²) < 4.78 is 29.3. The normalized spacial score (nSPS) is 10.6. The first-order chi connectivity index (χ1) is 18.9. The molecule has 0 fully saturated rings. The van der Waals surface area contributed by atoms with E-state index in [4.69, 9.17) is 13.9 Å². The molecule has 0 saturated carbocycles. The summed E-state index contributed by atoms with van der Waals surface area (Å²) in [6.07, 6.45) is 2.06. The number of halogens is 1. The van der Waals surface area contributed by atoms with Crippen molar-refractivity contribution >= 4 is 23.6 Å². The summed E-state index contributed by atoms with van der Waals surface area (Å²) in [4.78, 5) is 41.6. The molecule has 9 nitrogen and oxygen atoms in total. The van der Waals surface area contributed by atoms with E-state index < -0.39 is 12.0 Å². The molecule has 3 aromatic rings. The minimum absolute atomic E-state index is 0.187. The molecule has 0 aliphatic rings. The molecule has 10 heteroatoms. The number of rotatable bonds is 14. The van der Waals surface area contributed by atoms with E-state index in [1.807, 2.05) is 6.92 Å². The van der Waals surface area contributed by atoms with E-state index in [-0.39, 0.29) is 44.5 Å². The van der Waals surface area contributed by atoms with Crippen LogP contribution in [0.15, 0.2) is 71.3 Å². The highest BCUT2D eigenvalue weighted by atomic mass is 19.1. The lowest BCUT2D eigenvalue weighted by atomic mass is 10.2. The Balaban J connectivity index is 1.73. The van der Waals surface area contributed by atoms with Crippen molar-refractivity contribution in [3.63, 3.8) is 0 Å². The van der Waals surface area contributed by atoms with Gasteiger partial charge in [-0.15, -0.1) is 0 Å². The predicted molar refractivity (Wildman–Crippen MR) is 143 cm³/mol. The van der Waals surface area contributed by atoms with Gasteiger partial charge in [-0.25, -0.2) is 14.0 Å². The molecule has 208 valence electrons. The molecule has 3 rings (SSSR count). The van der Waals surface area contributed by atoms with Crippen molar-refractivity contribution in [3.05, 3.63) is 89.6 Å². The Bertz CT molecular complexity index is 1180. The first kappa shape index (κ1) is 29.4. The number of nitrogens with zero attached hydrogens (tertiary/aromatic N) is 2. The van der Waals surface area contributed by atoms with Crippen LogP contribution in [0.2, 0.25) is 0 Å². The van der Waals surface area contributed by atoms with Crippen LogP contribution in [-0.2, 0) is 27.4 Å². The van der Waals surface area contributed by atoms with Gasteiger partial charge in [-0.1, -0.05) is 12.1 Å². The van der Waals surface area contributed by atoms with Gasteiger partial charge in [-0.05, 0) is 74.4 Å². The molecule has 1 heterocycles. The molecule has 1 N–H and O–H groups in total. The lowest BCUT2D eigenvalue weighted by Crippen LogP contribution is -2.44. The topological polar surface area (TPSA) is 101 Å². The summed E-state index contributed by atoms with van der Waals surface area (Å²) in [6.45, 7) is 5.35. The molecule has 2 aromatic carbocycles. The van der Waals surface area contributed by atoms with Crippen LogP contribution < -0.4 is 5.32 Å². The molecular weight excluding hydrogens is 505 g/mol. The van der Waals surface area contributed by atoms with E-state index in [1.54, 1.807) is 60.4 Å². The first-order valence-electron chi connectivity index (χ1n) is 12.8. The number of anilines is 1. The Morgan fingerprint density at radius 3 is 2.31 bits per heavy atom. The van der Waals surface area contributed by atoms with E-state index in [0.29, 0.717) is 36.6 Å². The van der Waals surface area contributed by atoms with Gasteiger partial charge in [0, 0.05) is 32.0 Å². The van der Waals surface area contributed by atoms with E-state index >= 15 is 0 Å². The monoisotopic (exact) mass is 539 g/mol. The zero-order valence-electron chi connectivity index (χ0n) is 22.2. The lowest BCUT2D eigenvalue weighted by Gasteiger charge is -2.27. The molecular formula is C29H34FN3O6. The third-order valence-corrected chi connectivity index (χ3v) is 5.75. The zero-order valence-corrected chi connectivity index (χ0v) is 22.2. The highest BCUT2D eigenvalue weighted by Gasteiger charge is 2.23. The van der Waals surface area contributed by atoms with Gasteiger partial charge in [0.25, 0.3) is 0 Å². The van der Waals surface area contributed by atoms with Crippen molar-refractivity contribution in [1.82, 2.24) is 9.80 Å². The fourth-order valence-electron chi connectivity index (χ4n) is 3.76. The van der Waals surface area contributed by atoms with Gasteiger partial charge in [-0.3, -0.25) is 4.79 Å². The van der Waals surface area contributed by atoms with Gasteiger partial charge in [0.1, 0.15) is 18.1 Å². The van der Waals surface area contributed by atoms with Gasteiger partial charge in [0.15, 0.2) is 0 Å². The third-order valence-electron chi connectivity index (χ3n) is 5.75. The number of ether oxygens (including phenoxy) is 2. The van der Waals surface area contributed by atoms with E-state index in [2.05, 4.69) is 5.32 Å². The minimum atomic E-state index is -0.469. The number of hydrogen-bond acceptors (Lipinski definition) is 6. The maximum absolute atomic E-state index is 13.5. The number of amides is 3. The van der Waals surface area contributed by atoms with Gasteiger partial charge in [0.05, 0.1) is 25.0 Å². The molecule has 0 aliphatic carbocycles. The predicted octanol–water partition coefficient (Wildman–Crippen LogP) is 5.08. The Morgan fingerprint density at radius 1 is 0.923 bits per heavy atom. The number of nitrogens with one attached hydrogen (secondary N) is 1. The standard InChI is InChI=1S/C29H34FN3O6/c1-3-37-17-6-16-32(29(36)31-25-14-10-23(11-15-25)28(35)38-4-2)21-27(34)33(20-26-7-5-18-39-26)19-22-8-12-24(30)13-9-22/h5,7-15,18H,3-4,6,16-17,19-21H2,1-2H3,(H,31,36). The second-order valence-corrected chi connectivity index (χ2v) is 8.66. The Hall–Kier alpha value is -4.18. The smallest absolute Gasteiger partial charge is 0.338 e. The zero-order chi connectivity index (χ0) is 28.0. The highest BCUT2D eigenvalue weighted by Crippen LogP contribution is 2.15. The number of urea groups is 1. The average Bonchev–Trinajstić information content (AvgIpc) is 3.45. The van der Waals surface area contributed by atoms with Crippen LogP contribution in [0.3, 0.4) is 0 Å². The van der Waals surface area contributed by atoms with Crippen molar-refractivity contribution in [3.8, 4) is 0 Å². The summed E-state index contributed by atoms with van der Waals surface area (Å²) in [5.41, 5.74) is 1.58. The van der Waals surface area contributed by atoms with Crippen LogP contribution in [0.25, 0.3) is 0 Å². The summed E-state index contributed by atoms with van der Waals surface area (Å²) in [7, 11) is 0. The maximum Gasteiger partial charge on any atom is 0.338 e. The number of furan rings is 1. The molecule has 3 amide bonds. The van der Waals surface area contributed by atoms with E-state index in [9.17, 15) is 18.8 Å². The second kappa shape index (κ2) is 15.3. The fourth-order valence-corrected chi connectivity index (χ4v) is 3.76. The quantitative estimate of drug-likeness (QED) is 0.226. The Labute approximate surface area is 227 Å². The van der Waals surface area contributed by atoms with Crippen molar-refractivity contribution in [2.45, 2.75) is 33.4 Å². The van der Waals surface area contributed by atoms with Crippen LogP contribution in [0.5, 0.6) is 0 Å². The van der Waals surface area contributed by atoms with Crippen LogP contribution in [-0.4, -0.2) is 60.6 Å². The van der Waals surface area contributed by atoms with Crippen molar-refractivity contribution in [2.24, 2.45) is 0 Å². The molecule has 0 spiro atoms. The summed E-state index contributed by atoms with van der Waals surface area (Å²) in [5.74, 6) is -0.536. The van der Waals surface area contributed by atoms with Crippen LogP contribution >= 0.6 is 0 Å². The average molecular weight is 540 g/mol. The van der Waals surface area contributed by atoms with Gasteiger partial charge in [0.2, 0.25) is 5.91 Å². The van der Waals surface area contributed by atoms with Crippen LogP contribution in [0, 0.1) is 5.82 Å². The van der Waals surface area contributed by atoms with Crippen molar-refractivity contribution < 1.29 is 32.7 Å². The van der Waals surface area contributed by atoms with Crippen LogP contribution in [0.1, 0.15) is 41.9 Å². The fraction of sp³-hybridized carbons (Fsp3) is 0.345. The lowest BCUT2D eigenvalue weighted by molar-refractivity contribution is -0.133. The van der Waals surface area contributed by atoms with Gasteiger partial charge in [-0.2, -0.15) is 0 Å². The molecule has 0 unspecified atom stereocenters. The van der Waals surface area contributed by atoms with Crippen molar-refractivity contribution in [1.29, 1.82) is 0 Å². The molecule has 0 radical (unpaired) electrons. The SMILES string of the molecule is CCOCCCN(CC(=O)N(Cc1ccc(F)cc1)Cc1ccco1)C(=O)Nc1ccc(C(=O)OCC)cc1. The number of carbonyl (C=O) groups excluding carboxylic acids is 3. The van der Waals surface area contributed by atoms with E-state index in [0.717, 1.165) is 5.56 Å². The van der Waals surface area contributed by atoms with Gasteiger partial charge < -0.3 is 29.0 Å². The maximum atomic E-state index is 13.5. The number of hydrogen-bond donors (Lipinski definition) is 1. The van der Waals surface area contributed by atoms with E-state index in [1.165, 1.54) is 23.3 Å². The molecule has 1 aromatic heterocycles. The minimum Gasteiger partial charge on any atom is -0.467 e. The van der Waals surface area contributed by atoms with Crippen molar-refractivity contribution in [2.75, 3.05) is 38.2 Å². The first-order valence-corrected chi connectivity index (χ1v) is 12.8. The summed E-state index contributed by atoms with van der Waals surface area (Å²) >= 11 is 0.